The highest BCUT2D eigenvalue weighted by Gasteiger charge is 2.36. The summed E-state index contributed by atoms with van der Waals surface area (Å²) in [7, 11) is 3.60. The monoisotopic (exact) mass is 752 g/mol. The predicted molar refractivity (Wildman–Crippen MR) is 236 cm³/mol. The van der Waals surface area contributed by atoms with Crippen LogP contribution in [0.15, 0.2) is 88.0 Å². The minimum Gasteiger partial charge on any atom is -0.365 e. The van der Waals surface area contributed by atoms with Crippen LogP contribution in [-0.4, -0.2) is 25.4 Å². The summed E-state index contributed by atoms with van der Waals surface area (Å²) in [5.41, 5.74) is 2.31. The zero-order valence-electron chi connectivity index (χ0n) is 34.4. The Bertz CT molecular complexity index is 2290. The van der Waals surface area contributed by atoms with E-state index in [1.165, 1.54) is 35.5 Å². The van der Waals surface area contributed by atoms with Crippen molar-refractivity contribution in [2.45, 2.75) is 102 Å². The van der Waals surface area contributed by atoms with Crippen molar-refractivity contribution in [2.24, 2.45) is 23.7 Å². The molecule has 0 spiro atoms. The van der Waals surface area contributed by atoms with Crippen LogP contribution in [0.2, 0.25) is 0 Å². The van der Waals surface area contributed by atoms with E-state index in [0.29, 0.717) is 0 Å². The van der Waals surface area contributed by atoms with E-state index in [2.05, 4.69) is 179 Å². The van der Waals surface area contributed by atoms with Gasteiger partial charge in [-0.2, -0.15) is 0 Å². The van der Waals surface area contributed by atoms with Crippen molar-refractivity contribution in [3.8, 4) is 23.7 Å². The van der Waals surface area contributed by atoms with E-state index >= 15 is 0 Å². The summed E-state index contributed by atoms with van der Waals surface area (Å²) >= 11 is 3.67. The number of benzene rings is 5. The molecule has 0 amide bonds. The Morgan fingerprint density at radius 1 is 0.556 bits per heavy atom. The van der Waals surface area contributed by atoms with Gasteiger partial charge in [-0.05, 0) is 109 Å². The molecule has 0 aliphatic carbocycles. The van der Waals surface area contributed by atoms with E-state index in [1.54, 1.807) is 14.2 Å². The first-order chi connectivity index (χ1) is 25.5. The second-order valence-corrected chi connectivity index (χ2v) is 19.4. The number of thiophene rings is 1. The highest BCUT2D eigenvalue weighted by atomic mass is 32.2. The van der Waals surface area contributed by atoms with Crippen LogP contribution in [0.4, 0.5) is 0 Å². The first kappa shape index (κ1) is 39.9. The SMILES string of the molecule is COC(C#Cc1c2cc3ccccc3cc2c(C#CC(OC)(C(C)C)C(C)C)c2cc3sc(Sc4ccc(C(C)(C)C)cc4)cc3cc12)(C(C)C)C(C)C. The smallest absolute Gasteiger partial charge is 0.133 e. The average molecular weight is 753 g/mol. The van der Waals surface area contributed by atoms with Crippen LogP contribution in [0.5, 0.6) is 0 Å². The van der Waals surface area contributed by atoms with E-state index in [1.807, 2.05) is 23.1 Å². The Kier molecular flexibility index (Phi) is 11.4. The van der Waals surface area contributed by atoms with E-state index in [0.717, 1.165) is 32.7 Å². The van der Waals surface area contributed by atoms with Crippen LogP contribution in [0.25, 0.3) is 42.4 Å². The van der Waals surface area contributed by atoms with Crippen molar-refractivity contribution in [3.05, 3.63) is 95.6 Å². The molecule has 0 radical (unpaired) electrons. The summed E-state index contributed by atoms with van der Waals surface area (Å²) in [6.45, 7) is 24.4. The lowest BCUT2D eigenvalue weighted by Crippen LogP contribution is -2.41. The molecule has 0 aliphatic rings. The summed E-state index contributed by atoms with van der Waals surface area (Å²) in [5, 5.41) is 8.02. The van der Waals surface area contributed by atoms with Crippen molar-refractivity contribution in [1.29, 1.82) is 0 Å². The highest BCUT2D eigenvalue weighted by Crippen LogP contribution is 2.43. The lowest BCUT2D eigenvalue weighted by molar-refractivity contribution is -0.0338. The predicted octanol–water partition coefficient (Wildman–Crippen LogP) is 13.9. The summed E-state index contributed by atoms with van der Waals surface area (Å²) in [6.07, 6.45) is 0. The van der Waals surface area contributed by atoms with E-state index in [9.17, 15) is 0 Å². The summed E-state index contributed by atoms with van der Waals surface area (Å²) in [5.74, 6) is 15.8. The van der Waals surface area contributed by atoms with E-state index in [-0.39, 0.29) is 29.1 Å². The standard InChI is InChI=1S/C50H56O2S2/c1-31(2)49(51-12,32(3)4)24-22-40-42-26-35-16-14-15-17-36(35)27-43(42)41(23-25-50(52-13,33(5)6)34(7)8)45-30-46-37(28-44(40)45)29-47(54-46)53-39-20-18-38(19-21-39)48(9,10)11/h14-21,26-34H,1-13H3. The topological polar surface area (TPSA) is 18.5 Å². The minimum absolute atomic E-state index is 0.123. The second kappa shape index (κ2) is 15.4. The Labute approximate surface area is 332 Å². The molecule has 0 fully saturated rings. The van der Waals surface area contributed by atoms with Gasteiger partial charge in [0.25, 0.3) is 0 Å². The molecule has 0 N–H and O–H groups in total. The molecular formula is C50H56O2S2. The van der Waals surface area contributed by atoms with Gasteiger partial charge in [0.2, 0.25) is 0 Å². The van der Waals surface area contributed by atoms with Gasteiger partial charge in [-0.25, -0.2) is 0 Å². The maximum atomic E-state index is 6.28. The third kappa shape index (κ3) is 7.32. The quantitative estimate of drug-likeness (QED) is 0.114. The lowest BCUT2D eigenvalue weighted by Gasteiger charge is -2.35. The maximum Gasteiger partial charge on any atom is 0.133 e. The number of fused-ring (bicyclic) bond motifs is 4. The molecule has 0 unspecified atom stereocenters. The number of methoxy groups -OCH3 is 2. The van der Waals surface area contributed by atoms with E-state index < -0.39 is 11.2 Å². The molecule has 6 aromatic rings. The molecule has 6 rings (SSSR count). The first-order valence-corrected chi connectivity index (χ1v) is 21.0. The zero-order valence-corrected chi connectivity index (χ0v) is 36.1. The Morgan fingerprint density at radius 3 is 1.39 bits per heavy atom. The number of rotatable bonds is 8. The molecule has 1 heterocycles. The number of hydrogen-bond donors (Lipinski definition) is 0. The van der Waals surface area contributed by atoms with Crippen LogP contribution in [-0.2, 0) is 14.9 Å². The number of ether oxygens (including phenoxy) is 2. The zero-order chi connectivity index (χ0) is 39.2. The third-order valence-corrected chi connectivity index (χ3v) is 13.6. The van der Waals surface area contributed by atoms with E-state index in [4.69, 9.17) is 9.47 Å². The molecular weight excluding hydrogens is 697 g/mol. The summed E-state index contributed by atoms with van der Waals surface area (Å²) in [4.78, 5) is 1.24. The van der Waals surface area contributed by atoms with Gasteiger partial charge in [-0.15, -0.1) is 11.3 Å². The Hall–Kier alpha value is -3.77. The third-order valence-electron chi connectivity index (χ3n) is 11.4. The molecule has 280 valence electrons. The van der Waals surface area contributed by atoms with Crippen molar-refractivity contribution < 1.29 is 9.47 Å². The van der Waals surface area contributed by atoms with Gasteiger partial charge in [0.15, 0.2) is 0 Å². The lowest BCUT2D eigenvalue weighted by atomic mass is 9.79. The van der Waals surface area contributed by atoms with Gasteiger partial charge in [-0.1, -0.05) is 148 Å². The fraction of sp³-hybridized carbons (Fsp3) is 0.400. The largest absolute Gasteiger partial charge is 0.365 e. The van der Waals surface area contributed by atoms with Gasteiger partial charge in [-0.3, -0.25) is 0 Å². The molecule has 5 aromatic carbocycles. The van der Waals surface area contributed by atoms with Crippen LogP contribution in [0.3, 0.4) is 0 Å². The molecule has 0 atom stereocenters. The molecule has 0 saturated heterocycles. The van der Waals surface area contributed by atoms with Crippen molar-refractivity contribution in [3.63, 3.8) is 0 Å². The highest BCUT2D eigenvalue weighted by molar-refractivity contribution is 8.01. The molecule has 2 nitrogen and oxygen atoms in total. The molecule has 0 aliphatic heterocycles. The number of hydrogen-bond acceptors (Lipinski definition) is 4. The minimum atomic E-state index is -0.598. The van der Waals surface area contributed by atoms with Gasteiger partial charge in [0, 0.05) is 40.3 Å². The Balaban J connectivity index is 1.70. The maximum absolute atomic E-state index is 6.28. The Morgan fingerprint density at radius 2 is 0.981 bits per heavy atom. The van der Waals surface area contributed by atoms with Crippen molar-refractivity contribution in [1.82, 2.24) is 0 Å². The van der Waals surface area contributed by atoms with Crippen molar-refractivity contribution >= 4 is 65.5 Å². The van der Waals surface area contributed by atoms with Crippen LogP contribution in [0, 0.1) is 47.4 Å². The molecule has 0 saturated carbocycles. The molecule has 0 bridgehead atoms. The second-order valence-electron chi connectivity index (χ2n) is 17.0. The van der Waals surface area contributed by atoms with Crippen LogP contribution in [0.1, 0.15) is 92.9 Å². The fourth-order valence-corrected chi connectivity index (χ4v) is 10.4. The molecule has 54 heavy (non-hydrogen) atoms. The van der Waals surface area contributed by atoms with Crippen molar-refractivity contribution in [2.75, 3.05) is 14.2 Å². The average Bonchev–Trinajstić information content (AvgIpc) is 3.51. The fourth-order valence-electron chi connectivity index (χ4n) is 8.16. The van der Waals surface area contributed by atoms with Crippen LogP contribution >= 0.6 is 23.1 Å². The first-order valence-electron chi connectivity index (χ1n) is 19.4. The summed E-state index contributed by atoms with van der Waals surface area (Å²) < 4.78 is 15.1. The van der Waals surface area contributed by atoms with Gasteiger partial charge >= 0.3 is 0 Å². The normalized spacial score (nSPS) is 12.8. The molecule has 4 heteroatoms. The van der Waals surface area contributed by atoms with Gasteiger partial charge < -0.3 is 9.47 Å². The van der Waals surface area contributed by atoms with Gasteiger partial charge in [0.1, 0.15) is 11.2 Å². The van der Waals surface area contributed by atoms with Gasteiger partial charge in [0.05, 0.1) is 4.21 Å². The summed E-state index contributed by atoms with van der Waals surface area (Å²) in [6, 6.07) is 29.3. The molecule has 1 aromatic heterocycles. The van der Waals surface area contributed by atoms with Crippen LogP contribution < -0.4 is 0 Å².